The maximum absolute atomic E-state index is 12.6. The van der Waals surface area contributed by atoms with E-state index in [9.17, 15) is 19.2 Å². The van der Waals surface area contributed by atoms with E-state index in [1.54, 1.807) is 48.5 Å². The van der Waals surface area contributed by atoms with Gasteiger partial charge in [0.1, 0.15) is 0 Å². The maximum atomic E-state index is 12.6. The summed E-state index contributed by atoms with van der Waals surface area (Å²) < 4.78 is 10.6. The highest BCUT2D eigenvalue weighted by atomic mass is 35.5. The molecule has 1 aliphatic rings. The first-order chi connectivity index (χ1) is 16.3. The van der Waals surface area contributed by atoms with Gasteiger partial charge in [-0.3, -0.25) is 14.4 Å². The molecule has 0 unspecified atom stereocenters. The minimum Gasteiger partial charge on any atom is -0.462 e. The van der Waals surface area contributed by atoms with Crippen molar-refractivity contribution in [3.63, 3.8) is 0 Å². The van der Waals surface area contributed by atoms with Crippen molar-refractivity contribution in [1.29, 1.82) is 0 Å². The highest BCUT2D eigenvalue weighted by molar-refractivity contribution is 6.30. The lowest BCUT2D eigenvalue weighted by atomic mass is 10.1. The maximum Gasteiger partial charge on any atom is 0.338 e. The Bertz CT molecular complexity index is 1030. The third-order valence-corrected chi connectivity index (χ3v) is 5.90. The fourth-order valence-corrected chi connectivity index (χ4v) is 3.79. The molecule has 1 amide bonds. The molecule has 180 valence electrons. The van der Waals surface area contributed by atoms with Crippen LogP contribution in [0.25, 0.3) is 0 Å². The number of halogens is 1. The molecule has 8 heteroatoms. The molecule has 1 fully saturated rings. The molecule has 0 spiro atoms. The minimum atomic E-state index is -0.986. The molecule has 0 aromatic heterocycles. The first-order valence-electron chi connectivity index (χ1n) is 11.4. The van der Waals surface area contributed by atoms with E-state index in [1.807, 2.05) is 0 Å². The molecule has 1 heterocycles. The van der Waals surface area contributed by atoms with Gasteiger partial charge in [0.05, 0.1) is 18.1 Å². The summed E-state index contributed by atoms with van der Waals surface area (Å²) in [5.41, 5.74) is 1.36. The molecule has 0 aliphatic carbocycles. The summed E-state index contributed by atoms with van der Waals surface area (Å²) >= 11 is 5.84. The lowest BCUT2D eigenvalue weighted by molar-refractivity contribution is -0.151. The molecule has 2 atom stereocenters. The highest BCUT2D eigenvalue weighted by Gasteiger charge is 2.37. The van der Waals surface area contributed by atoms with Gasteiger partial charge in [0, 0.05) is 29.2 Å². The summed E-state index contributed by atoms with van der Waals surface area (Å²) in [4.78, 5) is 51.3. The van der Waals surface area contributed by atoms with Gasteiger partial charge in [-0.1, -0.05) is 31.4 Å². The Hall–Kier alpha value is -3.19. The van der Waals surface area contributed by atoms with Gasteiger partial charge in [-0.2, -0.15) is 0 Å². The Balaban J connectivity index is 1.55. The smallest absolute Gasteiger partial charge is 0.338 e. The Morgan fingerprint density at radius 1 is 1.03 bits per heavy atom. The summed E-state index contributed by atoms with van der Waals surface area (Å²) in [6.45, 7) is 4.09. The van der Waals surface area contributed by atoms with Gasteiger partial charge in [0.15, 0.2) is 6.10 Å². The normalized spacial score (nSPS) is 16.3. The molecule has 34 heavy (non-hydrogen) atoms. The quantitative estimate of drug-likeness (QED) is 0.271. The van der Waals surface area contributed by atoms with Gasteiger partial charge >= 0.3 is 11.9 Å². The molecule has 0 N–H and O–H groups in total. The third kappa shape index (κ3) is 6.44. The second kappa shape index (κ2) is 11.8. The highest BCUT2D eigenvalue weighted by Crippen LogP contribution is 2.27. The van der Waals surface area contributed by atoms with E-state index in [-0.39, 0.29) is 24.7 Å². The Kier molecular flexibility index (Phi) is 8.82. The van der Waals surface area contributed by atoms with Crippen molar-refractivity contribution in [3.8, 4) is 0 Å². The number of nitrogens with zero attached hydrogens (tertiary/aromatic N) is 1. The van der Waals surface area contributed by atoms with Crippen LogP contribution in [-0.2, 0) is 19.1 Å². The fourth-order valence-electron chi connectivity index (χ4n) is 3.67. The van der Waals surface area contributed by atoms with Crippen molar-refractivity contribution in [3.05, 3.63) is 64.7 Å². The number of esters is 2. The molecule has 1 aliphatic heterocycles. The Labute approximate surface area is 204 Å². The second-order valence-corrected chi connectivity index (χ2v) is 8.68. The van der Waals surface area contributed by atoms with Crippen LogP contribution in [0.5, 0.6) is 0 Å². The van der Waals surface area contributed by atoms with E-state index in [2.05, 4.69) is 6.92 Å². The van der Waals surface area contributed by atoms with E-state index in [0.717, 1.165) is 19.3 Å². The molecule has 1 saturated heterocycles. The molecule has 0 radical (unpaired) electrons. The van der Waals surface area contributed by atoms with Crippen LogP contribution in [0.15, 0.2) is 48.5 Å². The predicted octanol–water partition coefficient (Wildman–Crippen LogP) is 4.85. The number of ether oxygens (including phenoxy) is 2. The first kappa shape index (κ1) is 25.4. The number of hydrogen-bond donors (Lipinski definition) is 0. The zero-order valence-electron chi connectivity index (χ0n) is 19.3. The van der Waals surface area contributed by atoms with Crippen LogP contribution in [0.4, 0.5) is 5.69 Å². The topological polar surface area (TPSA) is 90.0 Å². The number of carbonyl (C=O) groups is 4. The summed E-state index contributed by atoms with van der Waals surface area (Å²) in [6.07, 6.45) is 1.87. The van der Waals surface area contributed by atoms with Crippen molar-refractivity contribution in [2.45, 2.75) is 45.6 Å². The average Bonchev–Trinajstić information content (AvgIpc) is 3.23. The summed E-state index contributed by atoms with van der Waals surface area (Å²) in [6, 6.07) is 12.8. The van der Waals surface area contributed by atoms with Crippen molar-refractivity contribution in [1.82, 2.24) is 0 Å². The van der Waals surface area contributed by atoms with Gasteiger partial charge in [0.25, 0.3) is 0 Å². The number of ketones is 1. The van der Waals surface area contributed by atoms with Gasteiger partial charge in [-0.05, 0) is 61.9 Å². The Morgan fingerprint density at radius 2 is 1.68 bits per heavy atom. The SMILES string of the molecule is CCCCCOC(=O)c1ccc(N2C[C@H](C(=O)O[C@@H](C)C(=O)c3ccc(Cl)cc3)CC2=O)cc1. The summed E-state index contributed by atoms with van der Waals surface area (Å²) in [5.74, 6) is -2.26. The van der Waals surface area contributed by atoms with Crippen molar-refractivity contribution in [2.75, 3.05) is 18.1 Å². The molecule has 0 bridgehead atoms. The number of carbonyl (C=O) groups excluding carboxylic acids is 4. The number of unbranched alkanes of at least 4 members (excludes halogenated alkanes) is 2. The first-order valence-corrected chi connectivity index (χ1v) is 11.8. The van der Waals surface area contributed by atoms with Crippen LogP contribution >= 0.6 is 11.6 Å². The molecule has 2 aromatic carbocycles. The van der Waals surface area contributed by atoms with E-state index < -0.39 is 24.0 Å². The molecular weight excluding hydrogens is 458 g/mol. The van der Waals surface area contributed by atoms with Crippen LogP contribution in [-0.4, -0.2) is 42.9 Å². The molecule has 0 saturated carbocycles. The molecule has 3 rings (SSSR count). The van der Waals surface area contributed by atoms with Crippen LogP contribution in [0.2, 0.25) is 5.02 Å². The number of rotatable bonds is 10. The molecular formula is C26H28ClNO6. The largest absolute Gasteiger partial charge is 0.462 e. The molecule has 2 aromatic rings. The number of amides is 1. The summed E-state index contributed by atoms with van der Waals surface area (Å²) in [7, 11) is 0. The van der Waals surface area contributed by atoms with E-state index in [1.165, 1.54) is 11.8 Å². The second-order valence-electron chi connectivity index (χ2n) is 8.25. The van der Waals surface area contributed by atoms with Crippen molar-refractivity contribution >= 4 is 40.9 Å². The van der Waals surface area contributed by atoms with Crippen LogP contribution in [0, 0.1) is 5.92 Å². The zero-order chi connectivity index (χ0) is 24.7. The van der Waals surface area contributed by atoms with E-state index in [4.69, 9.17) is 21.1 Å². The lowest BCUT2D eigenvalue weighted by Gasteiger charge is -2.18. The number of hydrogen-bond acceptors (Lipinski definition) is 6. The monoisotopic (exact) mass is 485 g/mol. The number of benzene rings is 2. The summed E-state index contributed by atoms with van der Waals surface area (Å²) in [5, 5.41) is 0.502. The van der Waals surface area contributed by atoms with E-state index >= 15 is 0 Å². The minimum absolute atomic E-state index is 0.0120. The van der Waals surface area contributed by atoms with Crippen LogP contribution in [0.1, 0.15) is 60.2 Å². The van der Waals surface area contributed by atoms with Crippen molar-refractivity contribution in [2.24, 2.45) is 5.92 Å². The van der Waals surface area contributed by atoms with Crippen molar-refractivity contribution < 1.29 is 28.7 Å². The van der Waals surface area contributed by atoms with E-state index in [0.29, 0.717) is 28.4 Å². The number of anilines is 1. The zero-order valence-corrected chi connectivity index (χ0v) is 20.0. The lowest BCUT2D eigenvalue weighted by Crippen LogP contribution is -2.30. The average molecular weight is 486 g/mol. The van der Waals surface area contributed by atoms with Gasteiger partial charge < -0.3 is 14.4 Å². The third-order valence-electron chi connectivity index (χ3n) is 5.64. The Morgan fingerprint density at radius 3 is 2.32 bits per heavy atom. The fraction of sp³-hybridized carbons (Fsp3) is 0.385. The standard InChI is InChI=1S/C26H28ClNO6/c1-3-4-5-14-33-25(31)19-8-12-22(13-9-19)28-16-20(15-23(28)29)26(32)34-17(2)24(30)18-6-10-21(27)11-7-18/h6-13,17,20H,3-5,14-16H2,1-2H3/t17-,20+/m0/s1. The predicted molar refractivity (Wildman–Crippen MR) is 128 cm³/mol. The van der Waals surface area contributed by atoms with Crippen LogP contribution < -0.4 is 4.90 Å². The van der Waals surface area contributed by atoms with Gasteiger partial charge in [-0.15, -0.1) is 0 Å². The molecule has 7 nitrogen and oxygen atoms in total. The van der Waals surface area contributed by atoms with Gasteiger partial charge in [0.2, 0.25) is 11.7 Å². The number of Topliss-reactive ketones (excluding diaryl/α,β-unsaturated/α-hetero) is 1. The van der Waals surface area contributed by atoms with Gasteiger partial charge in [-0.25, -0.2) is 4.79 Å². The van der Waals surface area contributed by atoms with Crippen LogP contribution in [0.3, 0.4) is 0 Å².